The number of carbonyl (C=O) groups is 3. The van der Waals surface area contributed by atoms with Gasteiger partial charge in [0.15, 0.2) is 5.78 Å². The van der Waals surface area contributed by atoms with Crippen molar-refractivity contribution < 1.29 is 19.1 Å². The lowest BCUT2D eigenvalue weighted by atomic mass is 9.96. The molecular weight excluding hydrogens is 334 g/mol. The van der Waals surface area contributed by atoms with Gasteiger partial charge in [-0.25, -0.2) is 4.79 Å². The molecule has 1 aromatic heterocycles. The van der Waals surface area contributed by atoms with E-state index < -0.39 is 0 Å². The quantitative estimate of drug-likeness (QED) is 0.839. The van der Waals surface area contributed by atoms with Crippen LogP contribution in [0, 0.1) is 13.8 Å². The monoisotopic (exact) mass is 361 g/mol. The van der Waals surface area contributed by atoms with Crippen molar-refractivity contribution in [2.24, 2.45) is 0 Å². The second-order valence-corrected chi connectivity index (χ2v) is 7.94. The summed E-state index contributed by atoms with van der Waals surface area (Å²) in [5, 5.41) is 0. The van der Waals surface area contributed by atoms with E-state index in [1.165, 1.54) is 6.92 Å². The molecule has 0 aliphatic carbocycles. The highest BCUT2D eigenvalue weighted by molar-refractivity contribution is 6.02. The first kappa shape index (κ1) is 18.5. The number of nitrogens with zero attached hydrogens (tertiary/aromatic N) is 2. The minimum Gasteiger partial charge on any atom is -0.447 e. The molecule has 2 aliphatic rings. The Bertz CT molecular complexity index is 757. The van der Waals surface area contributed by atoms with Gasteiger partial charge in [0.2, 0.25) is 0 Å². The zero-order valence-electron chi connectivity index (χ0n) is 16.1. The molecule has 0 spiro atoms. The molecule has 26 heavy (non-hydrogen) atoms. The number of aromatic amines is 1. The number of likely N-dealkylation sites (tertiary alicyclic amines) is 1. The van der Waals surface area contributed by atoms with Gasteiger partial charge in [0.05, 0.1) is 5.54 Å². The van der Waals surface area contributed by atoms with Crippen molar-refractivity contribution in [2.75, 3.05) is 19.7 Å². The van der Waals surface area contributed by atoms with Crippen LogP contribution >= 0.6 is 0 Å². The summed E-state index contributed by atoms with van der Waals surface area (Å²) in [5.74, 6) is -0.122. The van der Waals surface area contributed by atoms with E-state index in [9.17, 15) is 14.4 Å². The normalized spacial score (nSPS) is 20.4. The molecule has 1 aromatic rings. The van der Waals surface area contributed by atoms with E-state index in [1.807, 2.05) is 32.6 Å². The number of ether oxygens (including phenoxy) is 1. The van der Waals surface area contributed by atoms with E-state index >= 15 is 0 Å². The highest BCUT2D eigenvalue weighted by atomic mass is 16.6. The molecule has 0 radical (unpaired) electrons. The van der Waals surface area contributed by atoms with Crippen LogP contribution in [0.4, 0.5) is 4.79 Å². The highest BCUT2D eigenvalue weighted by Gasteiger charge is 2.45. The number of amides is 2. The number of rotatable bonds is 3. The Labute approximate surface area is 153 Å². The van der Waals surface area contributed by atoms with Crippen LogP contribution in [0.2, 0.25) is 0 Å². The van der Waals surface area contributed by atoms with Crippen LogP contribution in [-0.2, 0) is 4.74 Å². The largest absolute Gasteiger partial charge is 0.447 e. The standard InChI is InChI=1S/C19H27N3O4/c1-11-15(13(3)23)12(2)20-16(11)17(24)21-8-6-14(7-9-21)22-18(25)26-10-19(22,4)5/h14,20H,6-10H2,1-5H3. The zero-order valence-corrected chi connectivity index (χ0v) is 16.1. The summed E-state index contributed by atoms with van der Waals surface area (Å²) in [4.78, 5) is 43.5. The third-order valence-corrected chi connectivity index (χ3v) is 5.52. The van der Waals surface area contributed by atoms with Crippen molar-refractivity contribution in [2.45, 2.75) is 59.0 Å². The molecule has 3 heterocycles. The Morgan fingerprint density at radius 1 is 1.19 bits per heavy atom. The second kappa shape index (κ2) is 6.45. The molecule has 0 bridgehead atoms. The maximum Gasteiger partial charge on any atom is 0.410 e. The Kier molecular flexibility index (Phi) is 4.58. The summed E-state index contributed by atoms with van der Waals surface area (Å²) in [6.45, 7) is 10.7. The second-order valence-electron chi connectivity index (χ2n) is 7.94. The van der Waals surface area contributed by atoms with E-state index in [4.69, 9.17) is 4.74 Å². The number of cyclic esters (lactones) is 1. The van der Waals surface area contributed by atoms with Crippen LogP contribution in [0.3, 0.4) is 0 Å². The fraction of sp³-hybridized carbons (Fsp3) is 0.632. The van der Waals surface area contributed by atoms with Crippen molar-refractivity contribution >= 4 is 17.8 Å². The molecule has 142 valence electrons. The van der Waals surface area contributed by atoms with E-state index in [1.54, 1.807) is 4.90 Å². The molecule has 0 unspecified atom stereocenters. The first-order valence-electron chi connectivity index (χ1n) is 9.09. The van der Waals surface area contributed by atoms with Gasteiger partial charge in [-0.1, -0.05) is 0 Å². The summed E-state index contributed by atoms with van der Waals surface area (Å²) in [5.41, 5.74) is 2.23. The van der Waals surface area contributed by atoms with Crippen LogP contribution in [0.25, 0.3) is 0 Å². The van der Waals surface area contributed by atoms with Crippen molar-refractivity contribution in [3.05, 3.63) is 22.5 Å². The molecule has 7 nitrogen and oxygen atoms in total. The number of H-pyrrole nitrogens is 1. The zero-order chi connectivity index (χ0) is 19.2. The van der Waals surface area contributed by atoms with Gasteiger partial charge in [0.25, 0.3) is 5.91 Å². The number of hydrogen-bond donors (Lipinski definition) is 1. The lowest BCUT2D eigenvalue weighted by Gasteiger charge is -2.40. The summed E-state index contributed by atoms with van der Waals surface area (Å²) >= 11 is 0. The van der Waals surface area contributed by atoms with Gasteiger partial charge in [-0.2, -0.15) is 0 Å². The van der Waals surface area contributed by atoms with Crippen LogP contribution in [0.5, 0.6) is 0 Å². The lowest BCUT2D eigenvalue weighted by molar-refractivity contribution is 0.0584. The number of nitrogens with one attached hydrogen (secondary N) is 1. The van der Waals surface area contributed by atoms with E-state index in [0.717, 1.165) is 18.5 Å². The Morgan fingerprint density at radius 2 is 1.81 bits per heavy atom. The molecule has 7 heteroatoms. The maximum absolute atomic E-state index is 12.9. The van der Waals surface area contributed by atoms with Crippen molar-refractivity contribution in [1.82, 2.24) is 14.8 Å². The Morgan fingerprint density at radius 3 is 2.27 bits per heavy atom. The van der Waals surface area contributed by atoms with Crippen LogP contribution in [0.15, 0.2) is 0 Å². The van der Waals surface area contributed by atoms with Crippen molar-refractivity contribution in [3.8, 4) is 0 Å². The highest BCUT2D eigenvalue weighted by Crippen LogP contribution is 2.31. The van der Waals surface area contributed by atoms with Gasteiger partial charge in [-0.3, -0.25) is 14.5 Å². The van der Waals surface area contributed by atoms with Gasteiger partial charge in [-0.05, 0) is 53.0 Å². The topological polar surface area (TPSA) is 82.7 Å². The number of aromatic nitrogens is 1. The predicted molar refractivity (Wildman–Crippen MR) is 96.5 cm³/mol. The first-order valence-corrected chi connectivity index (χ1v) is 9.09. The molecule has 2 amide bonds. The summed E-state index contributed by atoms with van der Waals surface area (Å²) in [7, 11) is 0. The molecule has 2 saturated heterocycles. The van der Waals surface area contributed by atoms with Crippen LogP contribution in [-0.4, -0.2) is 63.8 Å². The van der Waals surface area contributed by atoms with E-state index in [0.29, 0.717) is 36.5 Å². The number of carbonyl (C=O) groups excluding carboxylic acids is 3. The van der Waals surface area contributed by atoms with Gasteiger partial charge in [-0.15, -0.1) is 0 Å². The van der Waals surface area contributed by atoms with E-state index in [2.05, 4.69) is 4.98 Å². The summed E-state index contributed by atoms with van der Waals surface area (Å²) in [6.07, 6.45) is 1.19. The van der Waals surface area contributed by atoms with Crippen molar-refractivity contribution in [3.63, 3.8) is 0 Å². The lowest BCUT2D eigenvalue weighted by Crippen LogP contribution is -2.53. The average molecular weight is 361 g/mol. The molecule has 0 aromatic carbocycles. The Hall–Kier alpha value is -2.31. The van der Waals surface area contributed by atoms with Crippen molar-refractivity contribution in [1.29, 1.82) is 0 Å². The van der Waals surface area contributed by atoms with Crippen LogP contribution in [0.1, 0.15) is 65.7 Å². The van der Waals surface area contributed by atoms with Gasteiger partial charge in [0.1, 0.15) is 12.3 Å². The minimum atomic E-state index is -0.308. The first-order chi connectivity index (χ1) is 12.1. The molecule has 3 rings (SSSR count). The minimum absolute atomic E-state index is 0.0382. The predicted octanol–water partition coefficient (Wildman–Crippen LogP) is 2.67. The number of Topliss-reactive ketones (excluding diaryl/α,β-unsaturated/α-hetero) is 1. The number of hydrogen-bond acceptors (Lipinski definition) is 4. The summed E-state index contributed by atoms with van der Waals surface area (Å²) in [6, 6.07) is 0.0864. The van der Waals surface area contributed by atoms with Crippen LogP contribution < -0.4 is 0 Å². The molecule has 1 N–H and O–H groups in total. The van der Waals surface area contributed by atoms with E-state index in [-0.39, 0.29) is 29.4 Å². The maximum atomic E-state index is 12.9. The molecule has 0 saturated carbocycles. The third-order valence-electron chi connectivity index (χ3n) is 5.52. The molecule has 2 aliphatic heterocycles. The average Bonchev–Trinajstić information content (AvgIpc) is 3.02. The SMILES string of the molecule is CC(=O)c1c(C)[nH]c(C(=O)N2CCC(N3C(=O)OCC3(C)C)CC2)c1C. The fourth-order valence-corrected chi connectivity index (χ4v) is 4.25. The van der Waals surface area contributed by atoms with Gasteiger partial charge < -0.3 is 14.6 Å². The smallest absolute Gasteiger partial charge is 0.410 e. The molecule has 0 atom stereocenters. The number of ketones is 1. The third kappa shape index (κ3) is 2.99. The molecule has 2 fully saturated rings. The number of piperidine rings is 1. The summed E-state index contributed by atoms with van der Waals surface area (Å²) < 4.78 is 5.20. The molecular formula is C19H27N3O4. The van der Waals surface area contributed by atoms with Gasteiger partial charge >= 0.3 is 6.09 Å². The fourth-order valence-electron chi connectivity index (χ4n) is 4.25. The number of aryl methyl sites for hydroxylation is 1. The Balaban J connectivity index is 1.71. The van der Waals surface area contributed by atoms with Gasteiger partial charge in [0, 0.05) is 30.4 Å².